The van der Waals surface area contributed by atoms with E-state index in [0.29, 0.717) is 0 Å². The van der Waals surface area contributed by atoms with Crippen LogP contribution in [0.5, 0.6) is 0 Å². The molecule has 1 aliphatic carbocycles. The Bertz CT molecular complexity index is 441. The summed E-state index contributed by atoms with van der Waals surface area (Å²) in [4.78, 5) is 11.8. The van der Waals surface area contributed by atoms with Crippen LogP contribution in [0.2, 0.25) is 0 Å². The molecule has 17 heavy (non-hydrogen) atoms. The van der Waals surface area contributed by atoms with Crippen LogP contribution in [-0.2, 0) is 0 Å². The van der Waals surface area contributed by atoms with Gasteiger partial charge >= 0.3 is 0 Å². The highest BCUT2D eigenvalue weighted by Crippen LogP contribution is 2.23. The largest absolute Gasteiger partial charge is 0.289 e. The van der Waals surface area contributed by atoms with E-state index in [0.717, 1.165) is 5.56 Å². The van der Waals surface area contributed by atoms with Gasteiger partial charge in [-0.2, -0.15) is 0 Å². The lowest BCUT2D eigenvalue weighted by Gasteiger charge is -1.96. The van der Waals surface area contributed by atoms with Gasteiger partial charge in [0.15, 0.2) is 5.78 Å². The molecule has 1 heteroatoms. The lowest BCUT2D eigenvalue weighted by atomic mass is 10.1. The first kappa shape index (κ1) is 11.8. The maximum atomic E-state index is 11.8. The molecule has 0 saturated heterocycles. The monoisotopic (exact) mass is 226 g/mol. The average Bonchev–Trinajstić information content (AvgIpc) is 2.83. The number of hydrogen-bond acceptors (Lipinski definition) is 1. The molecule has 1 aromatic rings. The van der Waals surface area contributed by atoms with Crippen LogP contribution in [0.15, 0.2) is 48.1 Å². The van der Waals surface area contributed by atoms with E-state index in [2.05, 4.69) is 6.08 Å². The highest BCUT2D eigenvalue weighted by molar-refractivity contribution is 6.04. The molecule has 1 aliphatic rings. The first-order valence-electron chi connectivity index (χ1n) is 6.23. The van der Waals surface area contributed by atoms with Crippen LogP contribution in [0.1, 0.15) is 41.6 Å². The molecular weight excluding hydrogens is 208 g/mol. The SMILES string of the molecule is Cc1ccc(C(=O)/C=C/C=C2CCCC2)cc1. The Balaban J connectivity index is 1.98. The quantitative estimate of drug-likeness (QED) is 0.556. The summed E-state index contributed by atoms with van der Waals surface area (Å²) >= 11 is 0. The van der Waals surface area contributed by atoms with Gasteiger partial charge in [0.1, 0.15) is 0 Å². The molecule has 1 saturated carbocycles. The molecule has 88 valence electrons. The minimum Gasteiger partial charge on any atom is -0.289 e. The number of rotatable bonds is 3. The molecule has 0 atom stereocenters. The standard InChI is InChI=1S/C16H18O/c1-13-9-11-15(12-10-13)16(17)8-4-7-14-5-2-3-6-14/h4,7-12H,2-3,5-6H2,1H3/b8-4+. The highest BCUT2D eigenvalue weighted by Gasteiger charge is 2.04. The Morgan fingerprint density at radius 1 is 1.12 bits per heavy atom. The van der Waals surface area contributed by atoms with Crippen molar-refractivity contribution in [3.05, 3.63) is 59.2 Å². The van der Waals surface area contributed by atoms with Gasteiger partial charge in [-0.3, -0.25) is 4.79 Å². The van der Waals surface area contributed by atoms with Crippen molar-refractivity contribution in [1.29, 1.82) is 0 Å². The van der Waals surface area contributed by atoms with E-state index in [1.165, 1.54) is 36.8 Å². The molecule has 0 aromatic heterocycles. The van der Waals surface area contributed by atoms with Crippen molar-refractivity contribution in [2.75, 3.05) is 0 Å². The van der Waals surface area contributed by atoms with Gasteiger partial charge in [0.25, 0.3) is 0 Å². The van der Waals surface area contributed by atoms with E-state index >= 15 is 0 Å². The van der Waals surface area contributed by atoms with E-state index in [4.69, 9.17) is 0 Å². The lowest BCUT2D eigenvalue weighted by Crippen LogP contribution is -1.93. The number of carbonyl (C=O) groups excluding carboxylic acids is 1. The maximum Gasteiger partial charge on any atom is 0.185 e. The molecule has 1 aromatic carbocycles. The van der Waals surface area contributed by atoms with Crippen molar-refractivity contribution in [1.82, 2.24) is 0 Å². The van der Waals surface area contributed by atoms with Gasteiger partial charge < -0.3 is 0 Å². The Morgan fingerprint density at radius 3 is 2.41 bits per heavy atom. The first-order valence-corrected chi connectivity index (χ1v) is 6.23. The molecule has 1 nitrogen and oxygen atoms in total. The van der Waals surface area contributed by atoms with E-state index < -0.39 is 0 Å². The number of carbonyl (C=O) groups is 1. The number of aryl methyl sites for hydroxylation is 1. The van der Waals surface area contributed by atoms with Gasteiger partial charge in [-0.05, 0) is 38.7 Å². The molecule has 0 unspecified atom stereocenters. The Labute approximate surface area is 103 Å². The summed E-state index contributed by atoms with van der Waals surface area (Å²) < 4.78 is 0. The van der Waals surface area contributed by atoms with Gasteiger partial charge in [0.2, 0.25) is 0 Å². The minimum atomic E-state index is 0.0832. The van der Waals surface area contributed by atoms with E-state index in [1.807, 2.05) is 37.3 Å². The number of allylic oxidation sites excluding steroid dienone is 4. The third kappa shape index (κ3) is 3.42. The minimum absolute atomic E-state index is 0.0832. The number of benzene rings is 1. The molecule has 0 N–H and O–H groups in total. The smallest absolute Gasteiger partial charge is 0.185 e. The van der Waals surface area contributed by atoms with Crippen LogP contribution >= 0.6 is 0 Å². The molecule has 1 fully saturated rings. The molecule has 0 spiro atoms. The second-order valence-corrected chi connectivity index (χ2v) is 4.62. The van der Waals surface area contributed by atoms with Gasteiger partial charge in [0.05, 0.1) is 0 Å². The van der Waals surface area contributed by atoms with Crippen LogP contribution in [0.3, 0.4) is 0 Å². The summed E-state index contributed by atoms with van der Waals surface area (Å²) in [6.07, 6.45) is 10.6. The molecule has 2 rings (SSSR count). The maximum absolute atomic E-state index is 11.8. The molecule has 0 bridgehead atoms. The van der Waals surface area contributed by atoms with Crippen molar-refractivity contribution >= 4 is 5.78 Å². The van der Waals surface area contributed by atoms with Crippen LogP contribution in [-0.4, -0.2) is 5.78 Å². The van der Waals surface area contributed by atoms with Gasteiger partial charge in [-0.25, -0.2) is 0 Å². The fourth-order valence-electron chi connectivity index (χ4n) is 2.08. The number of ketones is 1. The topological polar surface area (TPSA) is 17.1 Å². The van der Waals surface area contributed by atoms with Crippen molar-refractivity contribution in [2.24, 2.45) is 0 Å². The van der Waals surface area contributed by atoms with Crippen LogP contribution in [0.25, 0.3) is 0 Å². The zero-order valence-electron chi connectivity index (χ0n) is 10.3. The predicted octanol–water partition coefficient (Wildman–Crippen LogP) is 4.23. The summed E-state index contributed by atoms with van der Waals surface area (Å²) in [5.74, 6) is 0.0832. The van der Waals surface area contributed by atoms with Crippen molar-refractivity contribution in [2.45, 2.75) is 32.6 Å². The van der Waals surface area contributed by atoms with Gasteiger partial charge in [0, 0.05) is 5.56 Å². The fraction of sp³-hybridized carbons (Fsp3) is 0.312. The summed E-state index contributed by atoms with van der Waals surface area (Å²) in [6.45, 7) is 2.02. The zero-order chi connectivity index (χ0) is 12.1. The molecule has 0 radical (unpaired) electrons. The summed E-state index contributed by atoms with van der Waals surface area (Å²) in [7, 11) is 0. The Morgan fingerprint density at radius 2 is 1.76 bits per heavy atom. The Hall–Kier alpha value is -1.63. The summed E-state index contributed by atoms with van der Waals surface area (Å²) in [5, 5.41) is 0. The zero-order valence-corrected chi connectivity index (χ0v) is 10.3. The average molecular weight is 226 g/mol. The fourth-order valence-corrected chi connectivity index (χ4v) is 2.08. The molecule has 0 amide bonds. The first-order chi connectivity index (χ1) is 8.25. The highest BCUT2D eigenvalue weighted by atomic mass is 16.1. The van der Waals surface area contributed by atoms with E-state index in [9.17, 15) is 4.79 Å². The molecule has 0 aliphatic heterocycles. The summed E-state index contributed by atoms with van der Waals surface area (Å²) in [5.41, 5.74) is 3.41. The van der Waals surface area contributed by atoms with Gasteiger partial charge in [-0.1, -0.05) is 47.6 Å². The second-order valence-electron chi connectivity index (χ2n) is 4.62. The summed E-state index contributed by atoms with van der Waals surface area (Å²) in [6, 6.07) is 7.70. The van der Waals surface area contributed by atoms with Crippen molar-refractivity contribution < 1.29 is 4.79 Å². The van der Waals surface area contributed by atoms with E-state index in [1.54, 1.807) is 6.08 Å². The van der Waals surface area contributed by atoms with Crippen LogP contribution < -0.4 is 0 Å². The number of hydrogen-bond donors (Lipinski definition) is 0. The van der Waals surface area contributed by atoms with Crippen LogP contribution in [0, 0.1) is 6.92 Å². The third-order valence-electron chi connectivity index (χ3n) is 3.16. The lowest BCUT2D eigenvalue weighted by molar-refractivity contribution is 0.104. The normalized spacial score (nSPS) is 15.5. The Kier molecular flexibility index (Phi) is 3.92. The second kappa shape index (κ2) is 5.62. The van der Waals surface area contributed by atoms with E-state index in [-0.39, 0.29) is 5.78 Å². The predicted molar refractivity (Wildman–Crippen MR) is 71.2 cm³/mol. The van der Waals surface area contributed by atoms with Gasteiger partial charge in [-0.15, -0.1) is 0 Å². The third-order valence-corrected chi connectivity index (χ3v) is 3.16. The molecule has 0 heterocycles. The van der Waals surface area contributed by atoms with Crippen molar-refractivity contribution in [3.63, 3.8) is 0 Å². The van der Waals surface area contributed by atoms with Crippen LogP contribution in [0.4, 0.5) is 0 Å². The molecular formula is C16H18O. The van der Waals surface area contributed by atoms with Crippen molar-refractivity contribution in [3.8, 4) is 0 Å².